The van der Waals surface area contributed by atoms with Gasteiger partial charge in [-0.25, -0.2) is 4.39 Å². The Morgan fingerprint density at radius 3 is 2.54 bits per heavy atom. The third-order valence-electron chi connectivity index (χ3n) is 4.68. The van der Waals surface area contributed by atoms with Gasteiger partial charge in [0.05, 0.1) is 16.0 Å². The number of aliphatic carboxylic acids is 1. The highest BCUT2D eigenvalue weighted by molar-refractivity contribution is 6.33. The zero-order valence-corrected chi connectivity index (χ0v) is 15.5. The smallest absolute Gasteiger partial charge is 0.311 e. The van der Waals surface area contributed by atoms with Crippen molar-refractivity contribution >= 4 is 23.5 Å². The van der Waals surface area contributed by atoms with Gasteiger partial charge in [0.25, 0.3) is 5.91 Å². The maximum Gasteiger partial charge on any atom is 0.311 e. The second kappa shape index (κ2) is 7.86. The molecule has 0 aliphatic heterocycles. The fourth-order valence-corrected chi connectivity index (χ4v) is 3.00. The van der Waals surface area contributed by atoms with E-state index in [1.54, 1.807) is 13.8 Å². The number of halogens is 2. The number of aryl methyl sites for hydroxylation is 1. The number of benzene rings is 1. The van der Waals surface area contributed by atoms with Gasteiger partial charge < -0.3 is 14.9 Å². The average molecular weight is 383 g/mol. The Bertz CT molecular complexity index is 810. The van der Waals surface area contributed by atoms with Crippen LogP contribution in [0.3, 0.4) is 0 Å². The standard InChI is InChI=1S/C18H20ClFN2O4/c1-4-18(5-2,17(24)25)9-21-16(23)13-10(3)26-22-15(13)14-11(19)7-6-8-12(14)20/h6-8H,4-5,9H2,1-3H3,(H,21,23)(H,24,25). The third kappa shape index (κ3) is 3.58. The Labute approximate surface area is 155 Å². The molecule has 0 unspecified atom stereocenters. The minimum Gasteiger partial charge on any atom is -0.481 e. The van der Waals surface area contributed by atoms with Gasteiger partial charge in [-0.15, -0.1) is 0 Å². The first-order chi connectivity index (χ1) is 12.3. The zero-order chi connectivity index (χ0) is 19.5. The summed E-state index contributed by atoms with van der Waals surface area (Å²) in [6, 6.07) is 4.13. The summed E-state index contributed by atoms with van der Waals surface area (Å²) in [6.07, 6.45) is 0.710. The first-order valence-electron chi connectivity index (χ1n) is 8.19. The average Bonchev–Trinajstić information content (AvgIpc) is 2.97. The molecule has 140 valence electrons. The van der Waals surface area contributed by atoms with Gasteiger partial charge in [0, 0.05) is 6.54 Å². The number of rotatable bonds is 7. The predicted molar refractivity (Wildman–Crippen MR) is 94.6 cm³/mol. The minimum absolute atomic E-state index is 0.0166. The summed E-state index contributed by atoms with van der Waals surface area (Å²) in [7, 11) is 0. The van der Waals surface area contributed by atoms with Crippen LogP contribution in [0.4, 0.5) is 4.39 Å². The van der Waals surface area contributed by atoms with Gasteiger partial charge >= 0.3 is 5.97 Å². The molecular formula is C18H20ClFN2O4. The summed E-state index contributed by atoms with van der Waals surface area (Å²) in [5.41, 5.74) is -1.09. The molecule has 8 heteroatoms. The molecule has 0 fully saturated rings. The molecular weight excluding hydrogens is 363 g/mol. The van der Waals surface area contributed by atoms with Crippen molar-refractivity contribution in [1.82, 2.24) is 10.5 Å². The summed E-state index contributed by atoms with van der Waals surface area (Å²) < 4.78 is 19.3. The normalized spacial score (nSPS) is 11.4. The minimum atomic E-state index is -1.07. The lowest BCUT2D eigenvalue weighted by atomic mass is 9.82. The molecule has 0 spiro atoms. The first kappa shape index (κ1) is 19.9. The number of carboxylic acids is 1. The first-order valence-corrected chi connectivity index (χ1v) is 8.57. The monoisotopic (exact) mass is 382 g/mol. The van der Waals surface area contributed by atoms with Crippen molar-refractivity contribution in [2.75, 3.05) is 6.54 Å². The molecule has 1 aromatic heterocycles. The number of carbonyl (C=O) groups excluding carboxylic acids is 1. The van der Waals surface area contributed by atoms with Crippen molar-refractivity contribution in [3.63, 3.8) is 0 Å². The molecule has 0 saturated heterocycles. The molecule has 0 aliphatic carbocycles. The molecule has 1 aromatic carbocycles. The molecule has 6 nitrogen and oxygen atoms in total. The van der Waals surface area contributed by atoms with E-state index in [-0.39, 0.29) is 34.1 Å². The molecule has 0 radical (unpaired) electrons. The van der Waals surface area contributed by atoms with E-state index in [0.29, 0.717) is 12.8 Å². The number of amides is 1. The summed E-state index contributed by atoms with van der Waals surface area (Å²) in [5, 5.41) is 16.0. The van der Waals surface area contributed by atoms with E-state index in [4.69, 9.17) is 16.1 Å². The highest BCUT2D eigenvalue weighted by Gasteiger charge is 2.36. The van der Waals surface area contributed by atoms with Gasteiger partial charge in [-0.3, -0.25) is 9.59 Å². The summed E-state index contributed by atoms with van der Waals surface area (Å²) in [4.78, 5) is 24.3. The molecule has 0 saturated carbocycles. The van der Waals surface area contributed by atoms with Crippen molar-refractivity contribution < 1.29 is 23.6 Å². The quantitative estimate of drug-likeness (QED) is 0.753. The van der Waals surface area contributed by atoms with Gasteiger partial charge in [0.2, 0.25) is 0 Å². The van der Waals surface area contributed by atoms with Crippen LogP contribution < -0.4 is 5.32 Å². The fraction of sp³-hybridized carbons (Fsp3) is 0.389. The Kier molecular flexibility index (Phi) is 6.02. The second-order valence-electron chi connectivity index (χ2n) is 6.03. The van der Waals surface area contributed by atoms with Gasteiger partial charge in [-0.05, 0) is 31.9 Å². The molecule has 26 heavy (non-hydrogen) atoms. The van der Waals surface area contributed by atoms with Crippen LogP contribution in [0.5, 0.6) is 0 Å². The van der Waals surface area contributed by atoms with E-state index in [1.165, 1.54) is 25.1 Å². The summed E-state index contributed by atoms with van der Waals surface area (Å²) >= 11 is 6.05. The predicted octanol–water partition coefficient (Wildman–Crippen LogP) is 4.06. The van der Waals surface area contributed by atoms with E-state index >= 15 is 0 Å². The van der Waals surface area contributed by atoms with E-state index in [9.17, 15) is 19.1 Å². The van der Waals surface area contributed by atoms with Crippen LogP contribution in [-0.2, 0) is 4.79 Å². The van der Waals surface area contributed by atoms with Crippen LogP contribution in [0.15, 0.2) is 22.7 Å². The number of hydrogen-bond donors (Lipinski definition) is 2. The molecule has 1 heterocycles. The van der Waals surface area contributed by atoms with Crippen molar-refractivity contribution in [1.29, 1.82) is 0 Å². The van der Waals surface area contributed by atoms with Crippen molar-refractivity contribution in [2.45, 2.75) is 33.6 Å². The van der Waals surface area contributed by atoms with Gasteiger partial charge in [0.15, 0.2) is 0 Å². The lowest BCUT2D eigenvalue weighted by Gasteiger charge is -2.26. The molecule has 2 aromatic rings. The highest BCUT2D eigenvalue weighted by atomic mass is 35.5. The number of aromatic nitrogens is 1. The lowest BCUT2D eigenvalue weighted by molar-refractivity contribution is -0.149. The van der Waals surface area contributed by atoms with E-state index < -0.39 is 23.1 Å². The van der Waals surface area contributed by atoms with Crippen LogP contribution in [0, 0.1) is 18.2 Å². The molecule has 0 aliphatic rings. The topological polar surface area (TPSA) is 92.4 Å². The van der Waals surface area contributed by atoms with Gasteiger partial charge in [0.1, 0.15) is 22.8 Å². The largest absolute Gasteiger partial charge is 0.481 e. The lowest BCUT2D eigenvalue weighted by Crippen LogP contribution is -2.42. The van der Waals surface area contributed by atoms with Crippen molar-refractivity contribution in [3.8, 4) is 11.3 Å². The Hall–Kier alpha value is -2.41. The number of nitrogens with zero attached hydrogens (tertiary/aromatic N) is 1. The SMILES string of the molecule is CCC(CC)(CNC(=O)c1c(-c2c(F)cccc2Cl)noc1C)C(=O)O. The van der Waals surface area contributed by atoms with Crippen LogP contribution in [0.1, 0.15) is 42.8 Å². The summed E-state index contributed by atoms with van der Waals surface area (Å²) in [6.45, 7) is 4.95. The summed E-state index contributed by atoms with van der Waals surface area (Å²) in [5.74, 6) is -2.03. The zero-order valence-electron chi connectivity index (χ0n) is 14.7. The van der Waals surface area contributed by atoms with Crippen LogP contribution in [-0.4, -0.2) is 28.7 Å². The molecule has 0 atom stereocenters. The maximum absolute atomic E-state index is 14.2. The number of nitrogens with one attached hydrogen (secondary N) is 1. The number of hydrogen-bond acceptors (Lipinski definition) is 4. The Morgan fingerprint density at radius 1 is 1.35 bits per heavy atom. The number of carbonyl (C=O) groups is 2. The van der Waals surface area contributed by atoms with Crippen LogP contribution in [0.2, 0.25) is 5.02 Å². The van der Waals surface area contributed by atoms with Gasteiger partial charge in [-0.1, -0.05) is 36.7 Å². The number of carboxylic acid groups (broad SMARTS) is 1. The second-order valence-corrected chi connectivity index (χ2v) is 6.44. The molecule has 0 bridgehead atoms. The molecule has 2 rings (SSSR count). The fourth-order valence-electron chi connectivity index (χ4n) is 2.75. The molecule has 2 N–H and O–H groups in total. The van der Waals surface area contributed by atoms with E-state index in [2.05, 4.69) is 10.5 Å². The van der Waals surface area contributed by atoms with Crippen molar-refractivity contribution in [2.24, 2.45) is 5.41 Å². The van der Waals surface area contributed by atoms with Crippen molar-refractivity contribution in [3.05, 3.63) is 40.4 Å². The maximum atomic E-state index is 14.2. The van der Waals surface area contributed by atoms with E-state index in [0.717, 1.165) is 0 Å². The Balaban J connectivity index is 2.37. The van der Waals surface area contributed by atoms with E-state index in [1.807, 2.05) is 0 Å². The van der Waals surface area contributed by atoms with Crippen LogP contribution in [0.25, 0.3) is 11.3 Å². The van der Waals surface area contributed by atoms with Gasteiger partial charge in [-0.2, -0.15) is 0 Å². The highest BCUT2D eigenvalue weighted by Crippen LogP contribution is 2.33. The molecule has 1 amide bonds. The van der Waals surface area contributed by atoms with Crippen LogP contribution >= 0.6 is 11.6 Å². The third-order valence-corrected chi connectivity index (χ3v) is 5.00. The Morgan fingerprint density at radius 2 is 2.00 bits per heavy atom.